The predicted octanol–water partition coefficient (Wildman–Crippen LogP) is 5.96. The fraction of sp³-hybridized carbons (Fsp3) is 0.278. The van der Waals surface area contributed by atoms with Crippen molar-refractivity contribution in [3.8, 4) is 11.5 Å². The number of ketones is 1. The molecule has 2 nitrogen and oxygen atoms in total. The van der Waals surface area contributed by atoms with Gasteiger partial charge in [-0.05, 0) is 71.1 Å². The Morgan fingerprint density at radius 1 is 1.19 bits per heavy atom. The average Bonchev–Trinajstić information content (AvgIpc) is 2.49. The van der Waals surface area contributed by atoms with Crippen LogP contribution in [0.2, 0.25) is 0 Å². The molecular weight excluding hydrogens is 328 g/mol. The lowest BCUT2D eigenvalue weighted by Gasteiger charge is -2.11. The van der Waals surface area contributed by atoms with Crippen molar-refractivity contribution in [3.63, 3.8) is 0 Å². The molecule has 0 aliphatic carbocycles. The van der Waals surface area contributed by atoms with Gasteiger partial charge in [-0.1, -0.05) is 26.0 Å². The molecular formula is C18H19BrO2. The number of hydrogen-bond donors (Lipinski definition) is 0. The van der Waals surface area contributed by atoms with Crippen LogP contribution in [-0.2, 0) is 0 Å². The zero-order chi connectivity index (χ0) is 15.4. The molecule has 2 rings (SSSR count). The van der Waals surface area contributed by atoms with Crippen LogP contribution in [-0.4, -0.2) is 5.78 Å². The molecule has 0 saturated heterocycles. The van der Waals surface area contributed by atoms with Gasteiger partial charge in [0.15, 0.2) is 5.78 Å². The maximum Gasteiger partial charge on any atom is 0.159 e. The molecule has 3 heteroatoms. The lowest BCUT2D eigenvalue weighted by molar-refractivity contribution is 0.101. The Balaban J connectivity index is 2.16. The number of halogens is 1. The van der Waals surface area contributed by atoms with Gasteiger partial charge < -0.3 is 4.74 Å². The first-order chi connectivity index (χ1) is 10.0. The third kappa shape index (κ3) is 3.94. The largest absolute Gasteiger partial charge is 0.456 e. The maximum absolute atomic E-state index is 11.3. The van der Waals surface area contributed by atoms with E-state index in [4.69, 9.17) is 4.74 Å². The molecule has 0 fully saturated rings. The smallest absolute Gasteiger partial charge is 0.159 e. The minimum absolute atomic E-state index is 0.0418. The van der Waals surface area contributed by atoms with Gasteiger partial charge in [-0.2, -0.15) is 0 Å². The van der Waals surface area contributed by atoms with Gasteiger partial charge in [-0.15, -0.1) is 0 Å². The van der Waals surface area contributed by atoms with Crippen LogP contribution < -0.4 is 4.74 Å². The van der Waals surface area contributed by atoms with Crippen molar-refractivity contribution in [2.75, 3.05) is 0 Å². The Labute approximate surface area is 134 Å². The Morgan fingerprint density at radius 3 is 2.38 bits per heavy atom. The standard InChI is InChI=1S/C18H19BrO2/c1-4-12(2)14-5-8-16(9-6-14)21-18-10-7-15(13(3)20)11-17(18)19/h5-12H,4H2,1-3H3. The summed E-state index contributed by atoms with van der Waals surface area (Å²) in [7, 11) is 0. The Bertz CT molecular complexity index is 632. The SMILES string of the molecule is CCC(C)c1ccc(Oc2ccc(C(C)=O)cc2Br)cc1. The van der Waals surface area contributed by atoms with Gasteiger partial charge in [0.1, 0.15) is 11.5 Å². The lowest BCUT2D eigenvalue weighted by atomic mass is 9.99. The fourth-order valence-electron chi connectivity index (χ4n) is 2.03. The molecule has 0 radical (unpaired) electrons. The molecule has 110 valence electrons. The third-order valence-electron chi connectivity index (χ3n) is 3.63. The summed E-state index contributed by atoms with van der Waals surface area (Å²) >= 11 is 3.44. The van der Waals surface area contributed by atoms with E-state index in [0.717, 1.165) is 16.6 Å². The van der Waals surface area contributed by atoms with Gasteiger partial charge in [0.05, 0.1) is 4.47 Å². The molecule has 2 aromatic carbocycles. The van der Waals surface area contributed by atoms with E-state index in [1.54, 1.807) is 19.1 Å². The highest BCUT2D eigenvalue weighted by molar-refractivity contribution is 9.10. The van der Waals surface area contributed by atoms with Gasteiger partial charge in [0.25, 0.3) is 0 Å². The van der Waals surface area contributed by atoms with Crippen molar-refractivity contribution in [2.45, 2.75) is 33.1 Å². The van der Waals surface area contributed by atoms with Crippen LogP contribution in [0.1, 0.15) is 49.0 Å². The summed E-state index contributed by atoms with van der Waals surface area (Å²) in [4.78, 5) is 11.3. The first kappa shape index (κ1) is 15.8. The zero-order valence-corrected chi connectivity index (χ0v) is 14.1. The fourth-order valence-corrected chi connectivity index (χ4v) is 2.49. The van der Waals surface area contributed by atoms with Crippen LogP contribution in [0, 0.1) is 0 Å². The third-order valence-corrected chi connectivity index (χ3v) is 4.25. The van der Waals surface area contributed by atoms with E-state index < -0.39 is 0 Å². The van der Waals surface area contributed by atoms with Crippen molar-refractivity contribution in [1.29, 1.82) is 0 Å². The molecule has 1 atom stereocenters. The van der Waals surface area contributed by atoms with Crippen LogP contribution >= 0.6 is 15.9 Å². The number of ether oxygens (including phenoxy) is 1. The molecule has 2 aromatic rings. The Kier molecular flexibility index (Phi) is 5.18. The summed E-state index contributed by atoms with van der Waals surface area (Å²) in [5.74, 6) is 2.09. The molecule has 0 aliphatic rings. The highest BCUT2D eigenvalue weighted by atomic mass is 79.9. The van der Waals surface area contributed by atoms with E-state index in [9.17, 15) is 4.79 Å². The summed E-state index contributed by atoms with van der Waals surface area (Å²) in [6, 6.07) is 13.5. The monoisotopic (exact) mass is 346 g/mol. The van der Waals surface area contributed by atoms with Crippen LogP contribution in [0.4, 0.5) is 0 Å². The maximum atomic E-state index is 11.3. The van der Waals surface area contributed by atoms with Gasteiger partial charge in [0.2, 0.25) is 0 Å². The molecule has 1 unspecified atom stereocenters. The van der Waals surface area contributed by atoms with E-state index in [2.05, 4.69) is 41.9 Å². The second-order valence-corrected chi connectivity index (χ2v) is 6.04. The van der Waals surface area contributed by atoms with Gasteiger partial charge >= 0.3 is 0 Å². The molecule has 0 spiro atoms. The molecule has 0 amide bonds. The number of hydrogen-bond acceptors (Lipinski definition) is 2. The lowest BCUT2D eigenvalue weighted by Crippen LogP contribution is -1.94. The van der Waals surface area contributed by atoms with Crippen molar-refractivity contribution in [2.24, 2.45) is 0 Å². The van der Waals surface area contributed by atoms with E-state index in [1.807, 2.05) is 18.2 Å². The van der Waals surface area contributed by atoms with Crippen molar-refractivity contribution < 1.29 is 9.53 Å². The first-order valence-corrected chi connectivity index (χ1v) is 7.89. The molecule has 0 saturated carbocycles. The van der Waals surface area contributed by atoms with Crippen LogP contribution in [0.15, 0.2) is 46.9 Å². The number of benzene rings is 2. The van der Waals surface area contributed by atoms with E-state index in [0.29, 0.717) is 17.2 Å². The number of Topliss-reactive ketones (excluding diaryl/α,β-unsaturated/α-hetero) is 1. The minimum Gasteiger partial charge on any atom is -0.456 e. The number of carbonyl (C=O) groups excluding carboxylic acids is 1. The molecule has 21 heavy (non-hydrogen) atoms. The summed E-state index contributed by atoms with van der Waals surface area (Å²) in [5, 5.41) is 0. The molecule has 0 N–H and O–H groups in total. The van der Waals surface area contributed by atoms with Crippen molar-refractivity contribution >= 4 is 21.7 Å². The number of carbonyl (C=O) groups is 1. The summed E-state index contributed by atoms with van der Waals surface area (Å²) < 4.78 is 6.63. The summed E-state index contributed by atoms with van der Waals surface area (Å²) in [6.07, 6.45) is 1.12. The predicted molar refractivity (Wildman–Crippen MR) is 89.4 cm³/mol. The van der Waals surface area contributed by atoms with Gasteiger partial charge in [0, 0.05) is 5.56 Å². The van der Waals surface area contributed by atoms with Gasteiger partial charge in [-0.3, -0.25) is 4.79 Å². The highest BCUT2D eigenvalue weighted by Gasteiger charge is 2.08. The van der Waals surface area contributed by atoms with Crippen molar-refractivity contribution in [1.82, 2.24) is 0 Å². The number of rotatable bonds is 5. The Hall–Kier alpha value is -1.61. The molecule has 0 aliphatic heterocycles. The molecule has 0 heterocycles. The summed E-state index contributed by atoms with van der Waals surface area (Å²) in [5.41, 5.74) is 1.98. The quantitative estimate of drug-likeness (QED) is 0.624. The van der Waals surface area contributed by atoms with Gasteiger partial charge in [-0.25, -0.2) is 0 Å². The van der Waals surface area contributed by atoms with Crippen LogP contribution in [0.3, 0.4) is 0 Å². The highest BCUT2D eigenvalue weighted by Crippen LogP contribution is 2.31. The normalized spacial score (nSPS) is 12.0. The van der Waals surface area contributed by atoms with Crippen LogP contribution in [0.5, 0.6) is 11.5 Å². The van der Waals surface area contributed by atoms with E-state index in [-0.39, 0.29) is 5.78 Å². The molecule has 0 bridgehead atoms. The minimum atomic E-state index is 0.0418. The van der Waals surface area contributed by atoms with E-state index >= 15 is 0 Å². The zero-order valence-electron chi connectivity index (χ0n) is 12.5. The second kappa shape index (κ2) is 6.90. The average molecular weight is 347 g/mol. The van der Waals surface area contributed by atoms with E-state index in [1.165, 1.54) is 5.56 Å². The Morgan fingerprint density at radius 2 is 1.86 bits per heavy atom. The summed E-state index contributed by atoms with van der Waals surface area (Å²) in [6.45, 7) is 5.95. The topological polar surface area (TPSA) is 26.3 Å². The first-order valence-electron chi connectivity index (χ1n) is 7.09. The van der Waals surface area contributed by atoms with Crippen LogP contribution in [0.25, 0.3) is 0 Å². The second-order valence-electron chi connectivity index (χ2n) is 5.18. The molecule has 0 aromatic heterocycles. The van der Waals surface area contributed by atoms with Crippen molar-refractivity contribution in [3.05, 3.63) is 58.1 Å².